The normalized spacial score (nSPS) is 16.4. The summed E-state index contributed by atoms with van der Waals surface area (Å²) in [7, 11) is 1.71. The van der Waals surface area contributed by atoms with E-state index in [4.69, 9.17) is 10.2 Å². The Morgan fingerprint density at radius 1 is 1.27 bits per heavy atom. The Labute approximate surface area is 66.9 Å². The number of aliphatic hydroxyl groups is 3. The summed E-state index contributed by atoms with van der Waals surface area (Å²) >= 11 is 0. The van der Waals surface area contributed by atoms with Crippen LogP contribution in [0.1, 0.15) is 12.8 Å². The van der Waals surface area contributed by atoms with Crippen LogP contribution in [0.5, 0.6) is 0 Å². The molecule has 0 aliphatic rings. The first kappa shape index (κ1) is 10.8. The third-order valence-corrected chi connectivity index (χ3v) is 1.52. The van der Waals surface area contributed by atoms with Crippen molar-refractivity contribution in [2.75, 3.05) is 20.2 Å². The lowest BCUT2D eigenvalue weighted by Gasteiger charge is -2.16. The van der Waals surface area contributed by atoms with Crippen LogP contribution in [-0.4, -0.2) is 47.7 Å². The molecular formula is C7H17NO3. The van der Waals surface area contributed by atoms with E-state index in [0.29, 0.717) is 19.4 Å². The van der Waals surface area contributed by atoms with Crippen molar-refractivity contribution in [1.82, 2.24) is 5.32 Å². The predicted molar refractivity (Wildman–Crippen MR) is 42.3 cm³/mol. The van der Waals surface area contributed by atoms with E-state index in [2.05, 4.69) is 5.32 Å². The molecule has 0 heterocycles. The van der Waals surface area contributed by atoms with Crippen LogP contribution in [-0.2, 0) is 0 Å². The summed E-state index contributed by atoms with van der Waals surface area (Å²) < 4.78 is 0. The third kappa shape index (κ3) is 5.15. The van der Waals surface area contributed by atoms with Crippen LogP contribution in [0.2, 0.25) is 0 Å². The van der Waals surface area contributed by atoms with Gasteiger partial charge in [0.2, 0.25) is 0 Å². The highest BCUT2D eigenvalue weighted by Gasteiger charge is 2.13. The van der Waals surface area contributed by atoms with E-state index in [1.807, 2.05) is 0 Å². The minimum absolute atomic E-state index is 0.0589. The number of aliphatic hydroxyl groups excluding tert-OH is 3. The maximum Gasteiger partial charge on any atom is 0.0922 e. The Balaban J connectivity index is 3.38. The lowest BCUT2D eigenvalue weighted by molar-refractivity contribution is 0.0129. The van der Waals surface area contributed by atoms with Gasteiger partial charge in [0.15, 0.2) is 0 Å². The van der Waals surface area contributed by atoms with Gasteiger partial charge in [0.1, 0.15) is 0 Å². The predicted octanol–water partition coefficient (Wildman–Crippen LogP) is -1.30. The highest BCUT2D eigenvalue weighted by atomic mass is 16.3. The Morgan fingerprint density at radius 2 is 1.91 bits per heavy atom. The fourth-order valence-corrected chi connectivity index (χ4v) is 0.838. The monoisotopic (exact) mass is 163 g/mol. The number of rotatable bonds is 6. The zero-order valence-electron chi connectivity index (χ0n) is 6.82. The van der Waals surface area contributed by atoms with Gasteiger partial charge < -0.3 is 20.6 Å². The fraction of sp³-hybridized carbons (Fsp3) is 1.00. The molecule has 11 heavy (non-hydrogen) atoms. The second kappa shape index (κ2) is 6.54. The van der Waals surface area contributed by atoms with Crippen molar-refractivity contribution in [1.29, 1.82) is 0 Å². The molecule has 0 aromatic heterocycles. The van der Waals surface area contributed by atoms with Crippen LogP contribution in [0, 0.1) is 0 Å². The molecule has 2 atom stereocenters. The lowest BCUT2D eigenvalue weighted by atomic mass is 10.1. The SMILES string of the molecule is CNCC(O)C(O)CCCO. The van der Waals surface area contributed by atoms with E-state index in [0.717, 1.165) is 0 Å². The zero-order chi connectivity index (χ0) is 8.69. The summed E-state index contributed by atoms with van der Waals surface area (Å²) in [6, 6.07) is 0. The molecule has 0 aliphatic heterocycles. The van der Waals surface area contributed by atoms with Crippen molar-refractivity contribution >= 4 is 0 Å². The highest BCUT2D eigenvalue weighted by molar-refractivity contribution is 4.68. The summed E-state index contributed by atoms with van der Waals surface area (Å²) in [4.78, 5) is 0. The molecule has 0 radical (unpaired) electrons. The van der Waals surface area contributed by atoms with Crippen LogP contribution in [0.4, 0.5) is 0 Å². The molecule has 0 fully saturated rings. The molecule has 0 bridgehead atoms. The third-order valence-electron chi connectivity index (χ3n) is 1.52. The first-order valence-corrected chi connectivity index (χ1v) is 3.84. The second-order valence-electron chi connectivity index (χ2n) is 2.56. The summed E-state index contributed by atoms with van der Waals surface area (Å²) in [5.74, 6) is 0. The molecule has 4 N–H and O–H groups in total. The van der Waals surface area contributed by atoms with E-state index in [9.17, 15) is 5.11 Å². The smallest absolute Gasteiger partial charge is 0.0922 e. The quantitative estimate of drug-likeness (QED) is 0.393. The molecule has 0 aromatic carbocycles. The second-order valence-corrected chi connectivity index (χ2v) is 2.56. The minimum Gasteiger partial charge on any atom is -0.396 e. The summed E-state index contributed by atoms with van der Waals surface area (Å²) in [6.07, 6.45) is -0.484. The van der Waals surface area contributed by atoms with Gasteiger partial charge >= 0.3 is 0 Å². The lowest BCUT2D eigenvalue weighted by Crippen LogP contribution is -2.34. The van der Waals surface area contributed by atoms with Gasteiger partial charge in [-0.1, -0.05) is 0 Å². The molecular weight excluding hydrogens is 146 g/mol. The minimum atomic E-state index is -0.730. The first-order chi connectivity index (χ1) is 5.22. The molecule has 0 aromatic rings. The molecule has 4 heteroatoms. The number of hydrogen-bond acceptors (Lipinski definition) is 4. The van der Waals surface area contributed by atoms with Crippen molar-refractivity contribution in [3.05, 3.63) is 0 Å². The van der Waals surface area contributed by atoms with Crippen molar-refractivity contribution in [2.45, 2.75) is 25.0 Å². The summed E-state index contributed by atoms with van der Waals surface area (Å²) in [5.41, 5.74) is 0. The van der Waals surface area contributed by atoms with Crippen molar-refractivity contribution < 1.29 is 15.3 Å². The Morgan fingerprint density at radius 3 is 2.36 bits per heavy atom. The molecule has 0 amide bonds. The number of hydrogen-bond donors (Lipinski definition) is 4. The Hall–Kier alpha value is -0.160. The van der Waals surface area contributed by atoms with E-state index in [-0.39, 0.29) is 6.61 Å². The molecule has 2 unspecified atom stereocenters. The highest BCUT2D eigenvalue weighted by Crippen LogP contribution is 2.00. The first-order valence-electron chi connectivity index (χ1n) is 3.84. The summed E-state index contributed by atoms with van der Waals surface area (Å²) in [6.45, 7) is 0.440. The van der Waals surface area contributed by atoms with E-state index in [1.54, 1.807) is 7.05 Å². The van der Waals surface area contributed by atoms with E-state index in [1.165, 1.54) is 0 Å². The molecule has 0 aliphatic carbocycles. The topological polar surface area (TPSA) is 72.7 Å². The average Bonchev–Trinajstić information content (AvgIpc) is 2.00. The van der Waals surface area contributed by atoms with Crippen LogP contribution in [0.3, 0.4) is 0 Å². The van der Waals surface area contributed by atoms with Gasteiger partial charge in [-0.05, 0) is 19.9 Å². The van der Waals surface area contributed by atoms with Gasteiger partial charge in [-0.15, -0.1) is 0 Å². The number of nitrogens with one attached hydrogen (secondary N) is 1. The van der Waals surface area contributed by atoms with Gasteiger partial charge in [-0.2, -0.15) is 0 Å². The maximum atomic E-state index is 9.18. The van der Waals surface area contributed by atoms with Crippen LogP contribution >= 0.6 is 0 Å². The van der Waals surface area contributed by atoms with Gasteiger partial charge in [0.25, 0.3) is 0 Å². The van der Waals surface area contributed by atoms with Crippen LogP contribution in [0.15, 0.2) is 0 Å². The van der Waals surface area contributed by atoms with Crippen LogP contribution in [0.25, 0.3) is 0 Å². The van der Waals surface area contributed by atoms with Crippen LogP contribution < -0.4 is 5.32 Å². The number of likely N-dealkylation sites (N-methyl/N-ethyl adjacent to an activating group) is 1. The van der Waals surface area contributed by atoms with Gasteiger partial charge in [0.05, 0.1) is 12.2 Å². The van der Waals surface area contributed by atoms with Crippen molar-refractivity contribution in [2.24, 2.45) is 0 Å². The Kier molecular flexibility index (Phi) is 6.45. The molecule has 0 spiro atoms. The van der Waals surface area contributed by atoms with Gasteiger partial charge in [0, 0.05) is 13.2 Å². The molecule has 68 valence electrons. The largest absolute Gasteiger partial charge is 0.396 e. The maximum absolute atomic E-state index is 9.18. The van der Waals surface area contributed by atoms with Gasteiger partial charge in [-0.3, -0.25) is 0 Å². The van der Waals surface area contributed by atoms with Crippen molar-refractivity contribution in [3.8, 4) is 0 Å². The van der Waals surface area contributed by atoms with E-state index >= 15 is 0 Å². The van der Waals surface area contributed by atoms with Gasteiger partial charge in [-0.25, -0.2) is 0 Å². The molecule has 4 nitrogen and oxygen atoms in total. The fourth-order valence-electron chi connectivity index (χ4n) is 0.838. The average molecular weight is 163 g/mol. The zero-order valence-corrected chi connectivity index (χ0v) is 6.82. The standard InChI is InChI=1S/C7H17NO3/c1-8-5-7(11)6(10)3-2-4-9/h6-11H,2-5H2,1H3. The van der Waals surface area contributed by atoms with E-state index < -0.39 is 12.2 Å². The molecule has 0 rings (SSSR count). The Bertz CT molecular complexity index is 89.8. The summed E-state index contributed by atoms with van der Waals surface area (Å²) in [5, 5.41) is 29.5. The molecule has 0 saturated heterocycles. The molecule has 0 saturated carbocycles. The van der Waals surface area contributed by atoms with Crippen molar-refractivity contribution in [3.63, 3.8) is 0 Å².